The van der Waals surface area contributed by atoms with Crippen molar-refractivity contribution in [2.24, 2.45) is 5.41 Å². The summed E-state index contributed by atoms with van der Waals surface area (Å²) in [6, 6.07) is -0.448. The number of nitrogens with zero attached hydrogens (tertiary/aromatic N) is 1. The Kier molecular flexibility index (Phi) is 6.46. The van der Waals surface area contributed by atoms with Crippen molar-refractivity contribution in [3.05, 3.63) is 0 Å². The third-order valence-corrected chi connectivity index (χ3v) is 4.34. The molecular formula is C15H29N3O2. The predicted octanol–water partition coefficient (Wildman–Crippen LogP) is 1.14. The van der Waals surface area contributed by atoms with E-state index in [1.807, 2.05) is 6.92 Å². The number of amides is 2. The second kappa shape index (κ2) is 7.62. The van der Waals surface area contributed by atoms with Gasteiger partial charge in [-0.15, -0.1) is 0 Å². The Morgan fingerprint density at radius 1 is 1.30 bits per heavy atom. The first kappa shape index (κ1) is 17.0. The van der Waals surface area contributed by atoms with Gasteiger partial charge in [-0.3, -0.25) is 9.59 Å². The summed E-state index contributed by atoms with van der Waals surface area (Å²) in [5.74, 6) is 0.0210. The summed E-state index contributed by atoms with van der Waals surface area (Å²) < 4.78 is 0. The van der Waals surface area contributed by atoms with E-state index in [2.05, 4.69) is 17.6 Å². The van der Waals surface area contributed by atoms with Crippen molar-refractivity contribution in [2.45, 2.75) is 52.5 Å². The molecule has 2 N–H and O–H groups in total. The quantitative estimate of drug-likeness (QED) is 0.768. The molecule has 1 aliphatic heterocycles. The molecule has 0 bridgehead atoms. The van der Waals surface area contributed by atoms with Crippen molar-refractivity contribution in [3.63, 3.8) is 0 Å². The van der Waals surface area contributed by atoms with Crippen LogP contribution in [0.5, 0.6) is 0 Å². The molecule has 1 fully saturated rings. The van der Waals surface area contributed by atoms with E-state index < -0.39 is 6.04 Å². The Bertz CT molecular complexity index is 333. The average molecular weight is 283 g/mol. The highest BCUT2D eigenvalue weighted by atomic mass is 16.2. The van der Waals surface area contributed by atoms with Crippen LogP contribution in [0.25, 0.3) is 0 Å². The Hall–Kier alpha value is -1.10. The van der Waals surface area contributed by atoms with E-state index in [0.29, 0.717) is 6.54 Å². The first-order chi connectivity index (χ1) is 9.46. The van der Waals surface area contributed by atoms with Crippen molar-refractivity contribution < 1.29 is 9.59 Å². The molecule has 116 valence electrons. The fourth-order valence-corrected chi connectivity index (χ4v) is 2.87. The van der Waals surface area contributed by atoms with Gasteiger partial charge in [-0.2, -0.15) is 0 Å². The molecule has 1 atom stereocenters. The highest BCUT2D eigenvalue weighted by Crippen LogP contribution is 2.34. The number of hydrogen-bond donors (Lipinski definition) is 2. The number of carbonyl (C=O) groups excluding carboxylic acids is 2. The largest absolute Gasteiger partial charge is 0.344 e. The van der Waals surface area contributed by atoms with Crippen LogP contribution in [0.15, 0.2) is 0 Å². The van der Waals surface area contributed by atoms with Crippen LogP contribution in [-0.4, -0.2) is 49.4 Å². The van der Waals surface area contributed by atoms with Crippen molar-refractivity contribution in [3.8, 4) is 0 Å². The second-order valence-electron chi connectivity index (χ2n) is 5.83. The van der Waals surface area contributed by atoms with Gasteiger partial charge >= 0.3 is 0 Å². The molecule has 20 heavy (non-hydrogen) atoms. The van der Waals surface area contributed by atoms with Gasteiger partial charge in [0.1, 0.15) is 6.04 Å². The molecule has 0 aromatic carbocycles. The Labute approximate surface area is 122 Å². The number of piperidine rings is 1. The molecule has 0 saturated carbocycles. The van der Waals surface area contributed by atoms with E-state index in [4.69, 9.17) is 0 Å². The summed E-state index contributed by atoms with van der Waals surface area (Å²) in [6.45, 7) is 8.22. The fraction of sp³-hybridized carbons (Fsp3) is 0.867. The molecule has 2 amide bonds. The zero-order valence-corrected chi connectivity index (χ0v) is 13.3. The zero-order chi connectivity index (χ0) is 15.2. The topological polar surface area (TPSA) is 61.4 Å². The molecule has 5 heteroatoms. The van der Waals surface area contributed by atoms with Crippen LogP contribution in [0.1, 0.15) is 46.5 Å². The lowest BCUT2D eigenvalue weighted by Gasteiger charge is -2.37. The lowest BCUT2D eigenvalue weighted by Crippen LogP contribution is -2.53. The van der Waals surface area contributed by atoms with Gasteiger partial charge in [0.05, 0.1) is 5.41 Å². The molecule has 0 radical (unpaired) electrons. The first-order valence-corrected chi connectivity index (χ1v) is 7.73. The first-order valence-electron chi connectivity index (χ1n) is 7.73. The van der Waals surface area contributed by atoms with Gasteiger partial charge < -0.3 is 15.5 Å². The second-order valence-corrected chi connectivity index (χ2v) is 5.83. The van der Waals surface area contributed by atoms with Gasteiger partial charge in [-0.1, -0.05) is 13.3 Å². The summed E-state index contributed by atoms with van der Waals surface area (Å²) in [5.41, 5.74) is -0.292. The molecule has 1 rings (SSSR count). The summed E-state index contributed by atoms with van der Waals surface area (Å²) >= 11 is 0. The van der Waals surface area contributed by atoms with Crippen molar-refractivity contribution in [1.82, 2.24) is 15.5 Å². The molecule has 1 heterocycles. The molecule has 0 aromatic heterocycles. The molecule has 5 nitrogen and oxygen atoms in total. The van der Waals surface area contributed by atoms with Gasteiger partial charge in [-0.25, -0.2) is 0 Å². The normalized spacial score (nSPS) is 19.2. The molecule has 0 aromatic rings. The van der Waals surface area contributed by atoms with E-state index in [1.165, 1.54) is 0 Å². The Morgan fingerprint density at radius 3 is 2.40 bits per heavy atom. The van der Waals surface area contributed by atoms with E-state index >= 15 is 0 Å². The van der Waals surface area contributed by atoms with Crippen LogP contribution in [0.4, 0.5) is 0 Å². The lowest BCUT2D eigenvalue weighted by molar-refractivity contribution is -0.139. The number of carbonyl (C=O) groups is 2. The van der Waals surface area contributed by atoms with E-state index in [9.17, 15) is 9.59 Å². The number of hydrogen-bond acceptors (Lipinski definition) is 3. The predicted molar refractivity (Wildman–Crippen MR) is 80.4 cm³/mol. The molecular weight excluding hydrogens is 254 g/mol. The minimum absolute atomic E-state index is 0.0265. The monoisotopic (exact) mass is 283 g/mol. The molecule has 0 spiro atoms. The number of rotatable bonds is 6. The number of nitrogens with one attached hydrogen (secondary N) is 2. The van der Waals surface area contributed by atoms with Crippen LogP contribution in [-0.2, 0) is 9.59 Å². The Balaban J connectivity index is 2.68. The highest BCUT2D eigenvalue weighted by molar-refractivity contribution is 5.89. The van der Waals surface area contributed by atoms with Gasteiger partial charge in [0.15, 0.2) is 0 Å². The molecule has 0 aliphatic carbocycles. The van der Waals surface area contributed by atoms with Crippen LogP contribution in [0, 0.1) is 5.41 Å². The molecule has 1 saturated heterocycles. The van der Waals surface area contributed by atoms with Crippen LogP contribution >= 0.6 is 0 Å². The van der Waals surface area contributed by atoms with Crippen molar-refractivity contribution in [1.29, 1.82) is 0 Å². The zero-order valence-electron chi connectivity index (χ0n) is 13.3. The van der Waals surface area contributed by atoms with Crippen molar-refractivity contribution in [2.75, 3.05) is 26.7 Å². The van der Waals surface area contributed by atoms with Gasteiger partial charge in [0, 0.05) is 13.6 Å². The summed E-state index contributed by atoms with van der Waals surface area (Å²) in [6.07, 6.45) is 3.60. The third-order valence-electron chi connectivity index (χ3n) is 4.34. The van der Waals surface area contributed by atoms with Crippen molar-refractivity contribution >= 4 is 11.8 Å². The van der Waals surface area contributed by atoms with Gasteiger partial charge in [0.2, 0.25) is 11.8 Å². The standard InChI is InChI=1S/C15H29N3O2/c1-5-7-15(8-10-16-11-9-15)14(20)17-12(3)13(19)18(4)6-2/h12,16H,5-11H2,1-4H3,(H,17,20). The summed E-state index contributed by atoms with van der Waals surface area (Å²) in [7, 11) is 1.76. The smallest absolute Gasteiger partial charge is 0.244 e. The van der Waals surface area contributed by atoms with Gasteiger partial charge in [-0.05, 0) is 46.2 Å². The SMILES string of the molecule is CCCC1(C(=O)NC(C)C(=O)N(C)CC)CCNCC1. The minimum Gasteiger partial charge on any atom is -0.344 e. The van der Waals surface area contributed by atoms with E-state index in [1.54, 1.807) is 18.9 Å². The van der Waals surface area contributed by atoms with Gasteiger partial charge in [0.25, 0.3) is 0 Å². The minimum atomic E-state index is -0.448. The average Bonchev–Trinajstić information content (AvgIpc) is 2.46. The van der Waals surface area contributed by atoms with E-state index in [-0.39, 0.29) is 17.2 Å². The maximum atomic E-state index is 12.6. The van der Waals surface area contributed by atoms with E-state index in [0.717, 1.165) is 38.8 Å². The lowest BCUT2D eigenvalue weighted by atomic mass is 9.74. The number of likely N-dealkylation sites (N-methyl/N-ethyl adjacent to an activating group) is 1. The fourth-order valence-electron chi connectivity index (χ4n) is 2.87. The molecule has 1 aliphatic rings. The Morgan fingerprint density at radius 2 is 1.90 bits per heavy atom. The van der Waals surface area contributed by atoms with Crippen LogP contribution in [0.2, 0.25) is 0 Å². The van der Waals surface area contributed by atoms with Crippen LogP contribution < -0.4 is 10.6 Å². The third kappa shape index (κ3) is 3.95. The summed E-state index contributed by atoms with van der Waals surface area (Å²) in [5, 5.41) is 6.23. The van der Waals surface area contributed by atoms with Crippen LogP contribution in [0.3, 0.4) is 0 Å². The highest BCUT2D eigenvalue weighted by Gasteiger charge is 2.39. The maximum Gasteiger partial charge on any atom is 0.244 e. The maximum absolute atomic E-state index is 12.6. The summed E-state index contributed by atoms with van der Waals surface area (Å²) in [4.78, 5) is 26.3. The molecule has 1 unspecified atom stereocenters.